The Morgan fingerprint density at radius 1 is 1.22 bits per heavy atom. The lowest BCUT2D eigenvalue weighted by atomic mass is 9.54. The van der Waals surface area contributed by atoms with Crippen molar-refractivity contribution in [3.8, 4) is 0 Å². The molecule has 2 nitrogen and oxygen atoms in total. The van der Waals surface area contributed by atoms with Crippen LogP contribution in [0.1, 0.15) is 65.2 Å². The van der Waals surface area contributed by atoms with E-state index in [1.54, 1.807) is 0 Å². The third-order valence-electron chi connectivity index (χ3n) is 6.15. The van der Waals surface area contributed by atoms with Crippen LogP contribution >= 0.6 is 0 Å². The molecule has 1 atom stereocenters. The average Bonchev–Trinajstić information content (AvgIpc) is 2.45. The van der Waals surface area contributed by atoms with Crippen LogP contribution in [0.5, 0.6) is 0 Å². The van der Waals surface area contributed by atoms with Gasteiger partial charge in [-0.1, -0.05) is 50.0 Å². The van der Waals surface area contributed by atoms with Gasteiger partial charge in [0.05, 0.1) is 5.41 Å². The van der Waals surface area contributed by atoms with Gasteiger partial charge in [0.2, 0.25) is 5.91 Å². The average molecular weight is 323 g/mol. The van der Waals surface area contributed by atoms with Gasteiger partial charge in [0.15, 0.2) is 0 Å². The summed E-state index contributed by atoms with van der Waals surface area (Å²) >= 11 is 0. The minimum Gasteiger partial charge on any atom is -0.352 e. The first-order chi connectivity index (χ1) is 10.8. The van der Waals surface area contributed by atoms with Gasteiger partial charge < -0.3 is 5.32 Å². The summed E-state index contributed by atoms with van der Waals surface area (Å²) in [6.45, 7) is 4.27. The van der Waals surface area contributed by atoms with E-state index >= 15 is 0 Å². The molecule has 2 fully saturated rings. The molecule has 1 amide bonds. The molecule has 1 N–H and O–H groups in total. The molecule has 128 valence electrons. The van der Waals surface area contributed by atoms with E-state index in [4.69, 9.17) is 0 Å². The highest BCUT2D eigenvalue weighted by atomic mass is 19.3. The zero-order chi connectivity index (χ0) is 16.7. The number of halogens is 2. The summed E-state index contributed by atoms with van der Waals surface area (Å²) in [7, 11) is 0. The summed E-state index contributed by atoms with van der Waals surface area (Å²) in [6, 6.07) is -0.357. The van der Waals surface area contributed by atoms with Crippen LogP contribution in [0.4, 0.5) is 8.78 Å². The summed E-state index contributed by atoms with van der Waals surface area (Å²) in [5, 5.41) is 2.95. The Morgan fingerprint density at radius 2 is 1.87 bits per heavy atom. The fraction of sp³-hybridized carbons (Fsp3) is 0.737. The van der Waals surface area contributed by atoms with Crippen LogP contribution in [0.15, 0.2) is 23.8 Å². The van der Waals surface area contributed by atoms with Gasteiger partial charge in [-0.05, 0) is 26.2 Å². The van der Waals surface area contributed by atoms with Crippen molar-refractivity contribution in [3.05, 3.63) is 23.8 Å². The first kappa shape index (κ1) is 16.7. The topological polar surface area (TPSA) is 29.1 Å². The number of hydrogen-bond acceptors (Lipinski definition) is 1. The minimum absolute atomic E-state index is 0.000417. The maximum absolute atomic E-state index is 13.1. The molecule has 0 heterocycles. The maximum atomic E-state index is 13.1. The summed E-state index contributed by atoms with van der Waals surface area (Å²) in [6.07, 6.45) is 11.7. The van der Waals surface area contributed by atoms with Crippen molar-refractivity contribution in [2.24, 2.45) is 10.8 Å². The molecule has 0 aromatic carbocycles. The Bertz CT molecular complexity index is 538. The molecule has 0 aromatic rings. The molecule has 0 saturated heterocycles. The van der Waals surface area contributed by atoms with Gasteiger partial charge in [0, 0.05) is 24.3 Å². The molecule has 0 spiro atoms. The Kier molecular flexibility index (Phi) is 4.14. The van der Waals surface area contributed by atoms with Gasteiger partial charge in [-0.15, -0.1) is 0 Å². The molecule has 3 rings (SSSR count). The zero-order valence-electron chi connectivity index (χ0n) is 14.1. The third kappa shape index (κ3) is 2.97. The van der Waals surface area contributed by atoms with E-state index in [0.717, 1.165) is 38.5 Å². The van der Waals surface area contributed by atoms with Crippen LogP contribution in [-0.2, 0) is 4.79 Å². The lowest BCUT2D eigenvalue weighted by Crippen LogP contribution is -2.58. The molecule has 3 aliphatic rings. The van der Waals surface area contributed by atoms with Crippen molar-refractivity contribution in [1.29, 1.82) is 0 Å². The normalized spacial score (nSPS) is 32.8. The van der Waals surface area contributed by atoms with Crippen LogP contribution in [-0.4, -0.2) is 17.9 Å². The van der Waals surface area contributed by atoms with Crippen molar-refractivity contribution < 1.29 is 13.6 Å². The molecule has 0 aromatic heterocycles. The smallest absolute Gasteiger partial charge is 0.252 e. The number of rotatable bonds is 3. The van der Waals surface area contributed by atoms with Crippen molar-refractivity contribution in [1.82, 2.24) is 5.32 Å². The van der Waals surface area contributed by atoms with E-state index in [2.05, 4.69) is 37.4 Å². The summed E-state index contributed by atoms with van der Waals surface area (Å²) in [4.78, 5) is 13.1. The van der Waals surface area contributed by atoms with Crippen LogP contribution in [0, 0.1) is 10.8 Å². The number of alkyl halides is 2. The zero-order valence-corrected chi connectivity index (χ0v) is 14.1. The standard InChI is InChI=1S/C19H27F2NO/c1-14-7-6-8-17(2,11-14)18(9-4-3-5-10-18)16(23)22-15-12-19(20,21)13-15/h6-8,15H,3-5,9-13H2,1-2H3,(H,22,23). The van der Waals surface area contributed by atoms with Crippen molar-refractivity contribution in [2.45, 2.75) is 77.2 Å². The van der Waals surface area contributed by atoms with E-state index in [1.807, 2.05) is 0 Å². The molecule has 4 heteroatoms. The molecule has 0 radical (unpaired) electrons. The Hall–Kier alpha value is -1.19. The summed E-state index contributed by atoms with van der Waals surface area (Å²) in [5.74, 6) is -2.59. The highest BCUT2D eigenvalue weighted by Gasteiger charge is 2.54. The molecular formula is C19H27F2NO. The predicted octanol–water partition coefficient (Wildman–Crippen LogP) is 4.76. The summed E-state index contributed by atoms with van der Waals surface area (Å²) < 4.78 is 26.2. The maximum Gasteiger partial charge on any atom is 0.252 e. The Labute approximate surface area is 137 Å². The fourth-order valence-corrected chi connectivity index (χ4v) is 4.75. The molecule has 0 aliphatic heterocycles. The fourth-order valence-electron chi connectivity index (χ4n) is 4.75. The van der Waals surface area contributed by atoms with E-state index in [-0.39, 0.29) is 30.2 Å². The molecule has 0 bridgehead atoms. The van der Waals surface area contributed by atoms with Gasteiger partial charge in [0.25, 0.3) is 5.92 Å². The van der Waals surface area contributed by atoms with Crippen molar-refractivity contribution in [2.75, 3.05) is 0 Å². The first-order valence-corrected chi connectivity index (χ1v) is 8.80. The van der Waals surface area contributed by atoms with Gasteiger partial charge in [-0.25, -0.2) is 8.78 Å². The van der Waals surface area contributed by atoms with Gasteiger partial charge in [-0.2, -0.15) is 0 Å². The lowest BCUT2D eigenvalue weighted by molar-refractivity contribution is -0.146. The predicted molar refractivity (Wildman–Crippen MR) is 87.3 cm³/mol. The van der Waals surface area contributed by atoms with Crippen LogP contribution in [0.3, 0.4) is 0 Å². The number of hydrogen-bond donors (Lipinski definition) is 1. The number of carbonyl (C=O) groups is 1. The monoisotopic (exact) mass is 323 g/mol. The van der Waals surface area contributed by atoms with Crippen molar-refractivity contribution in [3.63, 3.8) is 0 Å². The van der Waals surface area contributed by atoms with Crippen molar-refractivity contribution >= 4 is 5.91 Å². The quantitative estimate of drug-likeness (QED) is 0.797. The van der Waals surface area contributed by atoms with Gasteiger partial charge in [-0.3, -0.25) is 4.79 Å². The van der Waals surface area contributed by atoms with Gasteiger partial charge in [0.1, 0.15) is 0 Å². The van der Waals surface area contributed by atoms with Crippen LogP contribution in [0.25, 0.3) is 0 Å². The number of allylic oxidation sites excluding steroid dienone is 4. The number of carbonyl (C=O) groups excluding carboxylic acids is 1. The van der Waals surface area contributed by atoms with Crippen LogP contribution in [0.2, 0.25) is 0 Å². The van der Waals surface area contributed by atoms with Gasteiger partial charge >= 0.3 is 0 Å². The first-order valence-electron chi connectivity index (χ1n) is 8.80. The third-order valence-corrected chi connectivity index (χ3v) is 6.15. The van der Waals surface area contributed by atoms with E-state index in [0.29, 0.717) is 0 Å². The second kappa shape index (κ2) is 5.71. The highest BCUT2D eigenvalue weighted by molar-refractivity contribution is 5.84. The lowest BCUT2D eigenvalue weighted by Gasteiger charge is -2.50. The molecule has 23 heavy (non-hydrogen) atoms. The van der Waals surface area contributed by atoms with E-state index < -0.39 is 11.3 Å². The largest absolute Gasteiger partial charge is 0.352 e. The summed E-state index contributed by atoms with van der Waals surface area (Å²) in [5.41, 5.74) is 0.605. The minimum atomic E-state index is -2.59. The van der Waals surface area contributed by atoms with E-state index in [9.17, 15) is 13.6 Å². The Balaban J connectivity index is 1.81. The number of amides is 1. The van der Waals surface area contributed by atoms with Crippen LogP contribution < -0.4 is 5.32 Å². The second-order valence-corrected chi connectivity index (χ2v) is 8.04. The SMILES string of the molecule is CC1=CC=CC(C)(C2(C(=O)NC3CC(F)(F)C3)CCCCC2)C1. The van der Waals surface area contributed by atoms with E-state index in [1.165, 1.54) is 5.57 Å². The number of nitrogens with one attached hydrogen (secondary N) is 1. The molecule has 1 unspecified atom stereocenters. The highest BCUT2D eigenvalue weighted by Crippen LogP contribution is 2.55. The molecular weight excluding hydrogens is 296 g/mol. The molecule has 3 aliphatic carbocycles. The molecule has 2 saturated carbocycles. The second-order valence-electron chi connectivity index (χ2n) is 8.04. The Morgan fingerprint density at radius 3 is 2.43 bits per heavy atom.